The molecule has 0 saturated carbocycles. The average molecular weight is 253 g/mol. The van der Waals surface area contributed by atoms with E-state index in [4.69, 9.17) is 0 Å². The smallest absolute Gasteiger partial charge is 0.0280 e. The summed E-state index contributed by atoms with van der Waals surface area (Å²) in [5.74, 6) is 0. The summed E-state index contributed by atoms with van der Waals surface area (Å²) < 4.78 is 0. The molecule has 0 atom stereocenters. The quantitative estimate of drug-likeness (QED) is 0.757. The van der Waals surface area contributed by atoms with Gasteiger partial charge in [-0.25, -0.2) is 0 Å². The Morgan fingerprint density at radius 3 is 1.94 bits per heavy atom. The Labute approximate surface area is 113 Å². The molecule has 0 aliphatic carbocycles. The highest BCUT2D eigenvalue weighted by Gasteiger charge is 2.32. The van der Waals surface area contributed by atoms with Gasteiger partial charge in [0, 0.05) is 44.3 Å². The van der Waals surface area contributed by atoms with E-state index in [2.05, 4.69) is 42.4 Å². The van der Waals surface area contributed by atoms with Crippen molar-refractivity contribution in [1.29, 1.82) is 0 Å². The predicted molar refractivity (Wildman–Crippen MR) is 78.0 cm³/mol. The summed E-state index contributed by atoms with van der Waals surface area (Å²) in [6.45, 7) is 18.3. The van der Waals surface area contributed by atoms with Crippen molar-refractivity contribution in [1.82, 2.24) is 14.7 Å². The number of hydrogen-bond acceptors (Lipinski definition) is 3. The summed E-state index contributed by atoms with van der Waals surface area (Å²) >= 11 is 0. The van der Waals surface area contributed by atoms with Crippen LogP contribution in [-0.4, -0.2) is 72.1 Å². The second kappa shape index (κ2) is 5.89. The molecular weight excluding hydrogens is 222 g/mol. The van der Waals surface area contributed by atoms with Crippen molar-refractivity contribution in [2.75, 3.05) is 45.8 Å². The third-order valence-electron chi connectivity index (χ3n) is 4.71. The molecule has 2 aliphatic rings. The first kappa shape index (κ1) is 14.3. The van der Waals surface area contributed by atoms with E-state index in [-0.39, 0.29) is 0 Å². The molecule has 0 aromatic heterocycles. The van der Waals surface area contributed by atoms with Gasteiger partial charge in [-0.3, -0.25) is 14.7 Å². The van der Waals surface area contributed by atoms with E-state index in [0.29, 0.717) is 11.6 Å². The second-order valence-corrected chi connectivity index (χ2v) is 6.91. The van der Waals surface area contributed by atoms with E-state index >= 15 is 0 Å². The molecule has 0 amide bonds. The van der Waals surface area contributed by atoms with Crippen molar-refractivity contribution in [3.63, 3.8) is 0 Å². The predicted octanol–water partition coefficient (Wildman–Crippen LogP) is 1.89. The number of nitrogens with zero attached hydrogens (tertiary/aromatic N) is 3. The monoisotopic (exact) mass is 253 g/mol. The number of hydrogen-bond donors (Lipinski definition) is 0. The standard InChI is InChI=1S/C15H31N3/c1-14(2)17-11-9-16(10-12-17)13-15(3,4)18-7-5-6-8-18/h14H,5-13H2,1-4H3. The number of likely N-dealkylation sites (tertiary alicyclic amines) is 1. The average Bonchev–Trinajstić information content (AvgIpc) is 2.83. The zero-order valence-corrected chi connectivity index (χ0v) is 12.8. The summed E-state index contributed by atoms with van der Waals surface area (Å²) in [7, 11) is 0. The van der Waals surface area contributed by atoms with Crippen molar-refractivity contribution in [2.24, 2.45) is 0 Å². The van der Waals surface area contributed by atoms with E-state index in [1.807, 2.05) is 0 Å². The maximum atomic E-state index is 2.68. The maximum absolute atomic E-state index is 2.68. The largest absolute Gasteiger partial charge is 0.299 e. The molecule has 0 radical (unpaired) electrons. The van der Waals surface area contributed by atoms with Crippen LogP contribution in [0, 0.1) is 0 Å². The van der Waals surface area contributed by atoms with Gasteiger partial charge in [0.1, 0.15) is 0 Å². The molecule has 18 heavy (non-hydrogen) atoms. The van der Waals surface area contributed by atoms with Gasteiger partial charge in [-0.05, 0) is 53.6 Å². The first-order valence-corrected chi connectivity index (χ1v) is 7.70. The summed E-state index contributed by atoms with van der Waals surface area (Å²) in [6.07, 6.45) is 2.79. The third-order valence-corrected chi connectivity index (χ3v) is 4.71. The molecule has 2 fully saturated rings. The molecule has 0 bridgehead atoms. The Kier molecular flexibility index (Phi) is 4.68. The first-order valence-electron chi connectivity index (χ1n) is 7.70. The molecular formula is C15H31N3. The number of rotatable bonds is 4. The van der Waals surface area contributed by atoms with Crippen LogP contribution in [0.2, 0.25) is 0 Å². The summed E-state index contributed by atoms with van der Waals surface area (Å²) in [4.78, 5) is 7.94. The Morgan fingerprint density at radius 1 is 0.889 bits per heavy atom. The minimum absolute atomic E-state index is 0.358. The van der Waals surface area contributed by atoms with Crippen LogP contribution in [0.3, 0.4) is 0 Å². The fourth-order valence-electron chi connectivity index (χ4n) is 3.41. The van der Waals surface area contributed by atoms with Crippen molar-refractivity contribution in [3.05, 3.63) is 0 Å². The normalized spacial score (nSPS) is 25.2. The van der Waals surface area contributed by atoms with Gasteiger partial charge in [0.25, 0.3) is 0 Å². The minimum Gasteiger partial charge on any atom is -0.299 e. The minimum atomic E-state index is 0.358. The van der Waals surface area contributed by atoms with Crippen LogP contribution in [0.1, 0.15) is 40.5 Å². The molecule has 0 spiro atoms. The van der Waals surface area contributed by atoms with Gasteiger partial charge in [0.15, 0.2) is 0 Å². The van der Waals surface area contributed by atoms with Crippen molar-refractivity contribution >= 4 is 0 Å². The SMILES string of the molecule is CC(C)N1CCN(CC(C)(C)N2CCCC2)CC1. The van der Waals surface area contributed by atoms with Crippen molar-refractivity contribution < 1.29 is 0 Å². The lowest BCUT2D eigenvalue weighted by atomic mass is 10.0. The van der Waals surface area contributed by atoms with Crippen LogP contribution in [0.25, 0.3) is 0 Å². The van der Waals surface area contributed by atoms with Crippen molar-refractivity contribution in [3.8, 4) is 0 Å². The van der Waals surface area contributed by atoms with Crippen LogP contribution in [0.5, 0.6) is 0 Å². The molecule has 0 aromatic rings. The lowest BCUT2D eigenvalue weighted by Crippen LogP contribution is -2.56. The van der Waals surface area contributed by atoms with E-state index in [0.717, 1.165) is 0 Å². The van der Waals surface area contributed by atoms with Crippen LogP contribution >= 0.6 is 0 Å². The van der Waals surface area contributed by atoms with Crippen LogP contribution in [0.15, 0.2) is 0 Å². The van der Waals surface area contributed by atoms with Gasteiger partial charge in [-0.2, -0.15) is 0 Å². The zero-order valence-electron chi connectivity index (χ0n) is 12.8. The third kappa shape index (κ3) is 3.46. The van der Waals surface area contributed by atoms with Gasteiger partial charge in [0.2, 0.25) is 0 Å². The first-order chi connectivity index (χ1) is 8.49. The lowest BCUT2D eigenvalue weighted by molar-refractivity contribution is 0.0526. The topological polar surface area (TPSA) is 9.72 Å². The van der Waals surface area contributed by atoms with Crippen LogP contribution in [-0.2, 0) is 0 Å². The summed E-state index contributed by atoms with van der Waals surface area (Å²) in [5, 5.41) is 0. The van der Waals surface area contributed by atoms with Gasteiger partial charge in [-0.15, -0.1) is 0 Å². The molecule has 0 N–H and O–H groups in total. The number of piperazine rings is 1. The molecule has 2 saturated heterocycles. The Hall–Kier alpha value is -0.120. The Morgan fingerprint density at radius 2 is 1.44 bits per heavy atom. The van der Waals surface area contributed by atoms with Crippen molar-refractivity contribution in [2.45, 2.75) is 52.1 Å². The molecule has 3 heteroatoms. The lowest BCUT2D eigenvalue weighted by Gasteiger charge is -2.43. The van der Waals surface area contributed by atoms with E-state index in [9.17, 15) is 0 Å². The van der Waals surface area contributed by atoms with Crippen LogP contribution < -0.4 is 0 Å². The highest BCUT2D eigenvalue weighted by Crippen LogP contribution is 2.22. The Bertz CT molecular complexity index is 248. The molecule has 0 aromatic carbocycles. The highest BCUT2D eigenvalue weighted by molar-refractivity contribution is 4.89. The van der Waals surface area contributed by atoms with Crippen LogP contribution in [0.4, 0.5) is 0 Å². The van der Waals surface area contributed by atoms with Gasteiger partial charge in [0.05, 0.1) is 0 Å². The zero-order chi connectivity index (χ0) is 13.2. The van der Waals surface area contributed by atoms with Gasteiger partial charge in [-0.1, -0.05) is 0 Å². The Balaban J connectivity index is 1.80. The molecule has 3 nitrogen and oxygen atoms in total. The molecule has 0 unspecified atom stereocenters. The van der Waals surface area contributed by atoms with Gasteiger partial charge < -0.3 is 0 Å². The van der Waals surface area contributed by atoms with E-state index in [1.165, 1.54) is 58.7 Å². The molecule has 2 aliphatic heterocycles. The maximum Gasteiger partial charge on any atom is 0.0280 e. The molecule has 106 valence electrons. The van der Waals surface area contributed by atoms with Gasteiger partial charge >= 0.3 is 0 Å². The highest BCUT2D eigenvalue weighted by atomic mass is 15.3. The fraction of sp³-hybridized carbons (Fsp3) is 1.00. The fourth-order valence-corrected chi connectivity index (χ4v) is 3.41. The second-order valence-electron chi connectivity index (χ2n) is 6.91. The summed E-state index contributed by atoms with van der Waals surface area (Å²) in [5.41, 5.74) is 0.358. The molecule has 2 rings (SSSR count). The van der Waals surface area contributed by atoms with E-state index < -0.39 is 0 Å². The molecule has 2 heterocycles. The summed E-state index contributed by atoms with van der Waals surface area (Å²) in [6, 6.07) is 0.707. The van der Waals surface area contributed by atoms with E-state index in [1.54, 1.807) is 0 Å².